The Morgan fingerprint density at radius 2 is 1.73 bits per heavy atom. The van der Waals surface area contributed by atoms with Gasteiger partial charge in [0.1, 0.15) is 5.69 Å². The van der Waals surface area contributed by atoms with Crippen molar-refractivity contribution >= 4 is 16.8 Å². The number of fused-ring (bicyclic) bond motifs is 1. The van der Waals surface area contributed by atoms with Crippen molar-refractivity contribution in [1.29, 1.82) is 0 Å². The average molecular weight is 439 g/mol. The van der Waals surface area contributed by atoms with Crippen LogP contribution in [0.15, 0.2) is 72.9 Å². The molecule has 4 aromatic rings. The lowest BCUT2D eigenvalue weighted by molar-refractivity contribution is 0.0595. The van der Waals surface area contributed by atoms with Crippen LogP contribution < -0.4 is 0 Å². The van der Waals surface area contributed by atoms with E-state index < -0.39 is 0 Å². The Hall–Kier alpha value is -3.47. The van der Waals surface area contributed by atoms with Gasteiger partial charge in [0, 0.05) is 31.2 Å². The second-order valence-corrected chi connectivity index (χ2v) is 9.13. The standard InChI is InChI=1S/C28H30N4O/c1-20-18-27(31(2)30-20)28(33)32(19-23-16-17-29-26-11-7-6-10-25(23)26)24-14-12-22(13-15-24)21-8-4-3-5-9-21/h3-11,16-18,22,24H,12-15,19H2,1-2H3. The highest BCUT2D eigenvalue weighted by molar-refractivity contribution is 5.93. The number of hydrogen-bond acceptors (Lipinski definition) is 3. The molecule has 0 N–H and O–H groups in total. The SMILES string of the molecule is Cc1cc(C(=O)N(Cc2ccnc3ccccc23)C2CCC(c3ccccc3)CC2)n(C)n1. The number of benzene rings is 2. The van der Waals surface area contributed by atoms with E-state index in [1.165, 1.54) is 5.56 Å². The second kappa shape index (κ2) is 9.18. The molecule has 0 unspecified atom stereocenters. The smallest absolute Gasteiger partial charge is 0.272 e. The fourth-order valence-corrected chi connectivity index (χ4v) is 5.25. The molecule has 5 nitrogen and oxygen atoms in total. The van der Waals surface area contributed by atoms with Crippen molar-refractivity contribution in [2.24, 2.45) is 7.05 Å². The van der Waals surface area contributed by atoms with E-state index in [2.05, 4.69) is 51.4 Å². The predicted octanol–water partition coefficient (Wildman–Crippen LogP) is 5.65. The fraction of sp³-hybridized carbons (Fsp3) is 0.321. The summed E-state index contributed by atoms with van der Waals surface area (Å²) in [7, 11) is 1.85. The van der Waals surface area contributed by atoms with Crippen LogP contribution in [-0.4, -0.2) is 31.6 Å². The first-order chi connectivity index (χ1) is 16.1. The number of pyridine rings is 1. The van der Waals surface area contributed by atoms with Crippen molar-refractivity contribution in [2.45, 2.75) is 51.1 Å². The van der Waals surface area contributed by atoms with Gasteiger partial charge < -0.3 is 4.90 Å². The molecule has 5 heteroatoms. The zero-order valence-electron chi connectivity index (χ0n) is 19.3. The van der Waals surface area contributed by atoms with E-state index >= 15 is 0 Å². The molecule has 0 saturated heterocycles. The number of hydrogen-bond donors (Lipinski definition) is 0. The number of carbonyl (C=O) groups is 1. The molecule has 0 bridgehead atoms. The molecular formula is C28H30N4O. The van der Waals surface area contributed by atoms with Crippen molar-refractivity contribution < 1.29 is 4.79 Å². The molecule has 168 valence electrons. The summed E-state index contributed by atoms with van der Waals surface area (Å²) in [6, 6.07) is 23.1. The summed E-state index contributed by atoms with van der Waals surface area (Å²) < 4.78 is 1.71. The van der Waals surface area contributed by atoms with Crippen molar-refractivity contribution in [1.82, 2.24) is 19.7 Å². The molecule has 1 aliphatic rings. The zero-order chi connectivity index (χ0) is 22.8. The molecule has 2 aromatic heterocycles. The monoisotopic (exact) mass is 438 g/mol. The first-order valence-electron chi connectivity index (χ1n) is 11.8. The van der Waals surface area contributed by atoms with Crippen LogP contribution in [0.25, 0.3) is 10.9 Å². The molecule has 2 heterocycles. The maximum atomic E-state index is 13.8. The summed E-state index contributed by atoms with van der Waals surface area (Å²) in [5.74, 6) is 0.627. The lowest BCUT2D eigenvalue weighted by atomic mass is 9.81. The number of nitrogens with zero attached hydrogens (tertiary/aromatic N) is 4. The van der Waals surface area contributed by atoms with Crippen molar-refractivity contribution in [3.05, 3.63) is 95.4 Å². The largest absolute Gasteiger partial charge is 0.330 e. The third-order valence-corrected chi connectivity index (χ3v) is 6.97. The zero-order valence-corrected chi connectivity index (χ0v) is 19.3. The van der Waals surface area contributed by atoms with Crippen LogP contribution in [0.1, 0.15) is 58.9 Å². The number of aromatic nitrogens is 3. The molecule has 1 saturated carbocycles. The highest BCUT2D eigenvalue weighted by atomic mass is 16.2. The van der Waals surface area contributed by atoms with Crippen LogP contribution in [0.5, 0.6) is 0 Å². The highest BCUT2D eigenvalue weighted by Crippen LogP contribution is 2.36. The maximum Gasteiger partial charge on any atom is 0.272 e. The van der Waals surface area contributed by atoms with Crippen LogP contribution in [0, 0.1) is 6.92 Å². The van der Waals surface area contributed by atoms with E-state index in [0.29, 0.717) is 18.2 Å². The Morgan fingerprint density at radius 3 is 2.45 bits per heavy atom. The summed E-state index contributed by atoms with van der Waals surface area (Å²) in [5.41, 5.74) is 5.03. The number of para-hydroxylation sites is 1. The van der Waals surface area contributed by atoms with Crippen molar-refractivity contribution in [3.8, 4) is 0 Å². The molecule has 0 radical (unpaired) electrons. The molecule has 0 atom stereocenters. The lowest BCUT2D eigenvalue weighted by Gasteiger charge is -2.37. The minimum Gasteiger partial charge on any atom is -0.330 e. The molecule has 2 aromatic carbocycles. The van der Waals surface area contributed by atoms with Gasteiger partial charge in [-0.05, 0) is 67.9 Å². The van der Waals surface area contributed by atoms with Crippen LogP contribution in [0.2, 0.25) is 0 Å². The summed E-state index contributed by atoms with van der Waals surface area (Å²) in [6.07, 6.45) is 6.05. The average Bonchev–Trinajstić information content (AvgIpc) is 3.20. The maximum absolute atomic E-state index is 13.8. The van der Waals surface area contributed by atoms with E-state index in [0.717, 1.165) is 47.8 Å². The summed E-state index contributed by atoms with van der Waals surface area (Å²) in [4.78, 5) is 20.4. The van der Waals surface area contributed by atoms with Gasteiger partial charge in [-0.25, -0.2) is 0 Å². The molecule has 1 fully saturated rings. The first kappa shape index (κ1) is 21.4. The summed E-state index contributed by atoms with van der Waals surface area (Å²) >= 11 is 0. The van der Waals surface area contributed by atoms with E-state index in [1.54, 1.807) is 4.68 Å². The fourth-order valence-electron chi connectivity index (χ4n) is 5.25. The molecule has 5 rings (SSSR count). The van der Waals surface area contributed by atoms with E-state index in [1.807, 2.05) is 50.5 Å². The van der Waals surface area contributed by atoms with Gasteiger partial charge in [-0.1, -0.05) is 48.5 Å². The van der Waals surface area contributed by atoms with Gasteiger partial charge in [-0.15, -0.1) is 0 Å². The van der Waals surface area contributed by atoms with Gasteiger partial charge in [0.2, 0.25) is 0 Å². The third-order valence-electron chi connectivity index (χ3n) is 6.97. The van der Waals surface area contributed by atoms with Crippen LogP contribution in [0.4, 0.5) is 0 Å². The van der Waals surface area contributed by atoms with Gasteiger partial charge in [0.25, 0.3) is 5.91 Å². The number of rotatable bonds is 5. The van der Waals surface area contributed by atoms with Crippen LogP contribution >= 0.6 is 0 Å². The van der Waals surface area contributed by atoms with Crippen LogP contribution in [0.3, 0.4) is 0 Å². The van der Waals surface area contributed by atoms with E-state index in [-0.39, 0.29) is 11.9 Å². The summed E-state index contributed by atoms with van der Waals surface area (Å²) in [6.45, 7) is 2.51. The van der Waals surface area contributed by atoms with Gasteiger partial charge in [0.05, 0.1) is 11.2 Å². The Labute approximate surface area is 195 Å². The van der Waals surface area contributed by atoms with Gasteiger partial charge in [0.15, 0.2) is 0 Å². The molecule has 33 heavy (non-hydrogen) atoms. The third kappa shape index (κ3) is 4.40. The van der Waals surface area contributed by atoms with Crippen molar-refractivity contribution in [2.75, 3.05) is 0 Å². The number of amides is 1. The number of carbonyl (C=O) groups excluding carboxylic acids is 1. The van der Waals surface area contributed by atoms with Crippen LogP contribution in [-0.2, 0) is 13.6 Å². The second-order valence-electron chi connectivity index (χ2n) is 9.13. The normalized spacial score (nSPS) is 18.4. The minimum atomic E-state index is 0.0576. The van der Waals surface area contributed by atoms with Gasteiger partial charge >= 0.3 is 0 Å². The molecular weight excluding hydrogens is 408 g/mol. The number of aryl methyl sites for hydroxylation is 2. The Morgan fingerprint density at radius 1 is 1.00 bits per heavy atom. The Bertz CT molecular complexity index is 1250. The molecule has 0 aliphatic heterocycles. The quantitative estimate of drug-likeness (QED) is 0.405. The predicted molar refractivity (Wildman–Crippen MR) is 131 cm³/mol. The molecule has 1 amide bonds. The van der Waals surface area contributed by atoms with E-state index in [4.69, 9.17) is 0 Å². The van der Waals surface area contributed by atoms with E-state index in [9.17, 15) is 4.79 Å². The van der Waals surface area contributed by atoms with Gasteiger partial charge in [-0.3, -0.25) is 14.5 Å². The Kier molecular flexibility index (Phi) is 5.95. The Balaban J connectivity index is 1.44. The highest BCUT2D eigenvalue weighted by Gasteiger charge is 2.31. The first-order valence-corrected chi connectivity index (χ1v) is 11.8. The topological polar surface area (TPSA) is 51.0 Å². The molecule has 0 spiro atoms. The van der Waals surface area contributed by atoms with Crippen molar-refractivity contribution in [3.63, 3.8) is 0 Å². The molecule has 1 aliphatic carbocycles. The van der Waals surface area contributed by atoms with Gasteiger partial charge in [-0.2, -0.15) is 5.10 Å². The minimum absolute atomic E-state index is 0.0576. The summed E-state index contributed by atoms with van der Waals surface area (Å²) in [5, 5.41) is 5.54. The lowest BCUT2D eigenvalue weighted by Crippen LogP contribution is -2.42.